The van der Waals surface area contributed by atoms with Crippen LogP contribution in [-0.2, 0) is 11.2 Å². The highest BCUT2D eigenvalue weighted by atomic mass is 16.5. The topological polar surface area (TPSA) is 72.3 Å². The van der Waals surface area contributed by atoms with Crippen molar-refractivity contribution in [2.24, 2.45) is 0 Å². The second kappa shape index (κ2) is 15.0. The predicted octanol–water partition coefficient (Wildman–Crippen LogP) is 8.13. The molecule has 0 radical (unpaired) electrons. The summed E-state index contributed by atoms with van der Waals surface area (Å²) in [7, 11) is 0. The number of carboxylic acid groups (broad SMARTS) is 1. The number of nitrogens with zero attached hydrogens (tertiary/aromatic N) is 2. The third-order valence-electron chi connectivity index (χ3n) is 6.53. The summed E-state index contributed by atoms with van der Waals surface area (Å²) in [5.41, 5.74) is 4.23. The Hall–Kier alpha value is -3.21. The number of aryl methyl sites for hydroxylation is 1. The Balaban J connectivity index is 1.42. The van der Waals surface area contributed by atoms with Crippen LogP contribution in [-0.4, -0.2) is 27.1 Å². The third-order valence-corrected chi connectivity index (χ3v) is 6.53. The van der Waals surface area contributed by atoms with Crippen molar-refractivity contribution in [2.45, 2.75) is 90.6 Å². The minimum absolute atomic E-state index is 0.518. The van der Waals surface area contributed by atoms with Gasteiger partial charge in [0.2, 0.25) is 0 Å². The summed E-state index contributed by atoms with van der Waals surface area (Å²) in [5.74, 6) is 0.235. The Morgan fingerprint density at radius 1 is 0.750 bits per heavy atom. The Labute approximate surface area is 216 Å². The van der Waals surface area contributed by atoms with Gasteiger partial charge in [0, 0.05) is 23.5 Å². The number of hydrogen-bond acceptors (Lipinski definition) is 4. The second-order valence-electron chi connectivity index (χ2n) is 9.55. The molecular weight excluding hydrogens is 448 g/mol. The quantitative estimate of drug-likeness (QED) is 0.206. The number of unbranched alkanes of at least 4 members (excludes halogenated alkanes) is 9. The zero-order valence-electron chi connectivity index (χ0n) is 21.8. The monoisotopic (exact) mass is 488 g/mol. The van der Waals surface area contributed by atoms with E-state index in [0.29, 0.717) is 11.6 Å². The number of rotatable bonds is 16. The molecule has 0 bridgehead atoms. The fraction of sp³-hybridized carbons (Fsp3) is 0.452. The molecule has 1 unspecified atom stereocenters. The van der Waals surface area contributed by atoms with E-state index < -0.39 is 12.1 Å². The zero-order valence-corrected chi connectivity index (χ0v) is 21.8. The highest BCUT2D eigenvalue weighted by molar-refractivity contribution is 5.72. The van der Waals surface area contributed by atoms with Crippen LogP contribution < -0.4 is 4.74 Å². The number of benzene rings is 2. The van der Waals surface area contributed by atoms with Gasteiger partial charge in [-0.05, 0) is 43.0 Å². The molecule has 3 aromatic rings. The number of carboxylic acids is 1. The molecule has 0 saturated carbocycles. The lowest BCUT2D eigenvalue weighted by atomic mass is 10.0. The maximum atomic E-state index is 10.9. The number of hydrogen-bond donors (Lipinski definition) is 1. The summed E-state index contributed by atoms with van der Waals surface area (Å²) >= 11 is 0. The first kappa shape index (κ1) is 27.4. The summed E-state index contributed by atoms with van der Waals surface area (Å²) in [4.78, 5) is 20.1. The van der Waals surface area contributed by atoms with Gasteiger partial charge < -0.3 is 9.84 Å². The molecule has 192 valence electrons. The molecule has 0 aliphatic rings. The van der Waals surface area contributed by atoms with Crippen LogP contribution in [0.3, 0.4) is 0 Å². The van der Waals surface area contributed by atoms with Crippen molar-refractivity contribution in [1.29, 1.82) is 0 Å². The van der Waals surface area contributed by atoms with Gasteiger partial charge in [-0.1, -0.05) is 101 Å². The molecule has 0 saturated heterocycles. The van der Waals surface area contributed by atoms with E-state index in [1.54, 1.807) is 12.1 Å². The summed E-state index contributed by atoms with van der Waals surface area (Å²) in [6.45, 7) is 3.78. The maximum absolute atomic E-state index is 10.9. The molecule has 5 heteroatoms. The Morgan fingerprint density at radius 2 is 1.28 bits per heavy atom. The minimum Gasteiger partial charge on any atom is -0.479 e. The van der Waals surface area contributed by atoms with Gasteiger partial charge in [-0.15, -0.1) is 0 Å². The molecule has 1 heterocycles. The van der Waals surface area contributed by atoms with Crippen LogP contribution in [0.1, 0.15) is 83.6 Å². The van der Waals surface area contributed by atoms with Crippen LogP contribution in [0.2, 0.25) is 0 Å². The first-order valence-corrected chi connectivity index (χ1v) is 13.5. The van der Waals surface area contributed by atoms with Gasteiger partial charge in [-0.2, -0.15) is 0 Å². The van der Waals surface area contributed by atoms with Gasteiger partial charge in [0.25, 0.3) is 0 Å². The molecule has 1 N–H and O–H groups in total. The predicted molar refractivity (Wildman–Crippen MR) is 146 cm³/mol. The van der Waals surface area contributed by atoms with Gasteiger partial charge in [0.1, 0.15) is 5.75 Å². The molecule has 1 aromatic heterocycles. The maximum Gasteiger partial charge on any atom is 0.344 e. The molecule has 2 aromatic carbocycles. The van der Waals surface area contributed by atoms with Crippen molar-refractivity contribution in [3.8, 4) is 28.3 Å². The first-order chi connectivity index (χ1) is 17.6. The Kier molecular flexibility index (Phi) is 11.4. The van der Waals surface area contributed by atoms with Gasteiger partial charge in [-0.3, -0.25) is 0 Å². The van der Waals surface area contributed by atoms with Crippen LogP contribution in [0.25, 0.3) is 22.5 Å². The number of aliphatic carboxylic acids is 1. The van der Waals surface area contributed by atoms with Crippen molar-refractivity contribution < 1.29 is 14.6 Å². The van der Waals surface area contributed by atoms with Gasteiger partial charge in [-0.25, -0.2) is 14.8 Å². The van der Waals surface area contributed by atoms with Crippen molar-refractivity contribution in [1.82, 2.24) is 9.97 Å². The van der Waals surface area contributed by atoms with Crippen LogP contribution >= 0.6 is 0 Å². The van der Waals surface area contributed by atoms with Crippen molar-refractivity contribution in [3.63, 3.8) is 0 Å². The highest BCUT2D eigenvalue weighted by Gasteiger charge is 2.12. The number of ether oxygens (including phenoxy) is 1. The van der Waals surface area contributed by atoms with Crippen LogP contribution in [0.5, 0.6) is 5.75 Å². The fourth-order valence-electron chi connectivity index (χ4n) is 4.24. The van der Waals surface area contributed by atoms with Crippen LogP contribution in [0.15, 0.2) is 60.9 Å². The van der Waals surface area contributed by atoms with Crippen molar-refractivity contribution in [2.75, 3.05) is 0 Å². The largest absolute Gasteiger partial charge is 0.479 e. The lowest BCUT2D eigenvalue weighted by Gasteiger charge is -2.10. The number of carbonyl (C=O) groups is 1. The average molecular weight is 489 g/mol. The van der Waals surface area contributed by atoms with E-state index in [-0.39, 0.29) is 0 Å². The van der Waals surface area contributed by atoms with E-state index in [1.807, 2.05) is 24.5 Å². The Morgan fingerprint density at radius 3 is 1.83 bits per heavy atom. The van der Waals surface area contributed by atoms with Crippen LogP contribution in [0.4, 0.5) is 0 Å². The Bertz CT molecular complexity index is 1030. The van der Waals surface area contributed by atoms with E-state index in [0.717, 1.165) is 23.1 Å². The molecule has 5 nitrogen and oxygen atoms in total. The zero-order chi connectivity index (χ0) is 25.6. The molecule has 0 amide bonds. The normalized spacial score (nSPS) is 11.8. The SMILES string of the molecule is CCCCCCCCCCCCc1ccc(-c2ncc(-c3ccc(OC(C)C(=O)O)cc3)cn2)cc1. The molecule has 0 aliphatic heterocycles. The van der Waals surface area contributed by atoms with E-state index >= 15 is 0 Å². The highest BCUT2D eigenvalue weighted by Crippen LogP contribution is 2.24. The van der Waals surface area contributed by atoms with Gasteiger partial charge >= 0.3 is 5.97 Å². The molecule has 0 aliphatic carbocycles. The lowest BCUT2D eigenvalue weighted by Crippen LogP contribution is -2.22. The molecule has 0 fully saturated rings. The summed E-state index contributed by atoms with van der Waals surface area (Å²) in [6.07, 6.45) is 17.5. The first-order valence-electron chi connectivity index (χ1n) is 13.5. The minimum atomic E-state index is -0.991. The standard InChI is InChI=1S/C31H40N2O3/c1-3-4-5-6-7-8-9-10-11-12-13-25-14-16-27(17-15-25)30-32-22-28(23-33-30)26-18-20-29(21-19-26)36-24(2)31(34)35/h14-24H,3-13H2,1-2H3,(H,34,35). The van der Waals surface area contributed by atoms with Crippen molar-refractivity contribution in [3.05, 3.63) is 66.5 Å². The molecule has 36 heavy (non-hydrogen) atoms. The van der Waals surface area contributed by atoms with Gasteiger partial charge in [0.15, 0.2) is 11.9 Å². The smallest absolute Gasteiger partial charge is 0.344 e. The third kappa shape index (κ3) is 9.10. The summed E-state index contributed by atoms with van der Waals surface area (Å²) in [6, 6.07) is 15.9. The lowest BCUT2D eigenvalue weighted by molar-refractivity contribution is -0.144. The average Bonchev–Trinajstić information content (AvgIpc) is 2.90. The summed E-state index contributed by atoms with van der Waals surface area (Å²) in [5, 5.41) is 8.97. The molecule has 1 atom stereocenters. The molecule has 0 spiro atoms. The second-order valence-corrected chi connectivity index (χ2v) is 9.55. The molecular formula is C31H40N2O3. The van der Waals surface area contributed by atoms with E-state index in [1.165, 1.54) is 76.7 Å². The van der Waals surface area contributed by atoms with Crippen LogP contribution in [0, 0.1) is 0 Å². The van der Waals surface area contributed by atoms with E-state index in [2.05, 4.69) is 41.2 Å². The van der Waals surface area contributed by atoms with E-state index in [9.17, 15) is 4.79 Å². The van der Waals surface area contributed by atoms with E-state index in [4.69, 9.17) is 9.84 Å². The molecule has 3 rings (SSSR count). The summed E-state index contributed by atoms with van der Waals surface area (Å²) < 4.78 is 5.38. The van der Waals surface area contributed by atoms with Gasteiger partial charge in [0.05, 0.1) is 0 Å². The number of aromatic nitrogens is 2. The van der Waals surface area contributed by atoms with Crippen molar-refractivity contribution >= 4 is 5.97 Å². The fourth-order valence-corrected chi connectivity index (χ4v) is 4.24.